The summed E-state index contributed by atoms with van der Waals surface area (Å²) >= 11 is 5.55. The molecule has 0 radical (unpaired) electrons. The molecule has 5 aromatic carbocycles. The number of hydrogen-bond acceptors (Lipinski definition) is 23. The van der Waals surface area contributed by atoms with Gasteiger partial charge >= 0.3 is 35.9 Å². The molecule has 118 heavy (non-hydrogen) atoms. The van der Waals surface area contributed by atoms with E-state index in [0.29, 0.717) is 66.3 Å². The standard InChI is InChI=1S/C54H60N12O10S.C23H28N2O4.C8H18N2O2/c1-5-65(6-2)34-17-20-37-42(26-34)76-43-27-35(66(7-3)8-4)18-21-38(43)45(37)36-19-16-32(25-39(36)50(70)71)60-54(77)56-24-10-9-11-40(51(72)73)61-44(67)23-22-41(52(74)75)62-48(68)30-12-14-31(15-13-30)57-28-33-29-58-47-46(59-33)49(69)64-53(55)63-47;1-24-14-8-7-13-21(22(26)28-2)25-23(27)29-15-20-18-11-5-3-9-16(18)17-10-4-6-12-19(17)20;1-10-7(8(11)12-2)5-3-4-6-9/h12-21,25-27,29,40-41H,5-11,22-24,28H2,1-4H3,(H10,55,56,57,58,61,62,63,64,67,68,69,70,71,72,73,74,75,77);3-6,9-12,20-21,24H,7-8,13-15H2,1-2H3,(H,25,27);7,10H,3-6,9H2,1-2H3/p+1. The molecule has 2 aromatic heterocycles. The summed E-state index contributed by atoms with van der Waals surface area (Å²) in [6.45, 7) is 13.8. The van der Waals surface area contributed by atoms with E-state index in [1.807, 2.05) is 67.7 Å². The van der Waals surface area contributed by atoms with Crippen molar-refractivity contribution in [2.75, 3.05) is 102 Å². The topological polar surface area (TPSA) is 464 Å². The largest absolute Gasteiger partial charge is 0.480 e. The molecule has 3 aliphatic rings. The monoisotopic (exact) mass is 1640 g/mol. The van der Waals surface area contributed by atoms with Crippen molar-refractivity contribution in [1.29, 1.82) is 0 Å². The third kappa shape index (κ3) is 25.3. The van der Waals surface area contributed by atoms with Gasteiger partial charge in [0.05, 0.1) is 44.3 Å². The normalized spacial score (nSPS) is 12.3. The second-order valence-electron chi connectivity index (χ2n) is 27.7. The summed E-state index contributed by atoms with van der Waals surface area (Å²) in [4.78, 5) is 128. The molecule has 10 rings (SSSR count). The molecule has 3 amide bonds. The first-order valence-corrected chi connectivity index (χ1v) is 39.8. The summed E-state index contributed by atoms with van der Waals surface area (Å²) in [5, 5.41) is 55.0. The van der Waals surface area contributed by atoms with Gasteiger partial charge in [0.2, 0.25) is 17.2 Å². The van der Waals surface area contributed by atoms with Crippen LogP contribution >= 0.6 is 12.2 Å². The number of methoxy groups -OCH3 is 2. The predicted molar refractivity (Wildman–Crippen MR) is 457 cm³/mol. The van der Waals surface area contributed by atoms with Crippen LogP contribution in [-0.4, -0.2) is 193 Å². The molecule has 32 nitrogen and oxygen atoms in total. The third-order valence-electron chi connectivity index (χ3n) is 20.0. The van der Waals surface area contributed by atoms with Crippen LogP contribution in [0.3, 0.4) is 0 Å². The van der Waals surface area contributed by atoms with Crippen LogP contribution in [0.15, 0.2) is 143 Å². The molecule has 0 spiro atoms. The minimum Gasteiger partial charge on any atom is -0.480 e. The number of carbonyl (C=O) groups excluding carboxylic acids is 5. The number of thiocarbonyl (C=S) groups is 1. The van der Waals surface area contributed by atoms with Crippen LogP contribution in [0.2, 0.25) is 0 Å². The predicted octanol–water partition coefficient (Wildman–Crippen LogP) is 8.80. The van der Waals surface area contributed by atoms with Crippen molar-refractivity contribution < 1.29 is 72.3 Å². The van der Waals surface area contributed by atoms with Crippen molar-refractivity contribution in [3.05, 3.63) is 177 Å². The lowest BCUT2D eigenvalue weighted by Gasteiger charge is -2.22. The SMILES string of the molecule is CCN(CC)c1ccc2c(-c3ccc(NC(=S)NCCCCC(NC(=O)CCC(NC(=O)c4ccc(NCc5cnc6nc(N)[nH]c(=O)c6n5)cc4)C(=O)O)C(=O)O)cc3C(=O)O)c3ccc(=[N+](CC)CC)cc-3oc2c1.CNC(CCCCN)C(=O)OC.CNCCCCC(NC(=O)OCC1c2ccccc2-c2ccccc21)C(=O)OC. The van der Waals surface area contributed by atoms with Gasteiger partial charge in [0, 0.05) is 83.2 Å². The van der Waals surface area contributed by atoms with Gasteiger partial charge in [0.15, 0.2) is 16.3 Å². The Balaban J connectivity index is 0.000000344. The average Bonchev–Trinajstić information content (AvgIpc) is 0.837. The van der Waals surface area contributed by atoms with E-state index in [4.69, 9.17) is 37.6 Å². The number of aromatic carboxylic acids is 1. The van der Waals surface area contributed by atoms with Gasteiger partial charge in [-0.3, -0.25) is 24.2 Å². The maximum atomic E-state index is 13.0. The quantitative estimate of drug-likeness (QED) is 0.00427. The van der Waals surface area contributed by atoms with Crippen LogP contribution in [0.4, 0.5) is 27.8 Å². The number of aromatic nitrogens is 4. The highest BCUT2D eigenvalue weighted by Crippen LogP contribution is 2.45. The highest BCUT2D eigenvalue weighted by atomic mass is 32.1. The molecule has 33 heteroatoms. The fourth-order valence-corrected chi connectivity index (χ4v) is 13.9. The lowest BCUT2D eigenvalue weighted by molar-refractivity contribution is -0.144. The number of unbranched alkanes of at least 4 members (excludes halogenated alkanes) is 3. The number of carboxylic acid groups (broad SMARTS) is 3. The Hall–Kier alpha value is -12.5. The molecule has 3 heterocycles. The average molecular weight is 1640 g/mol. The van der Waals surface area contributed by atoms with E-state index in [1.54, 1.807) is 31.3 Å². The van der Waals surface area contributed by atoms with Crippen molar-refractivity contribution in [2.24, 2.45) is 5.73 Å². The number of carbonyl (C=O) groups is 8. The van der Waals surface area contributed by atoms with Gasteiger partial charge in [-0.05, 0) is 207 Å². The minimum atomic E-state index is -1.45. The number of amides is 3. The molecule has 7 aromatic rings. The van der Waals surface area contributed by atoms with E-state index in [2.05, 4.69) is 129 Å². The van der Waals surface area contributed by atoms with Crippen LogP contribution in [0.5, 0.6) is 0 Å². The molecule has 4 unspecified atom stereocenters. The Labute approximate surface area is 689 Å². The number of benzene rings is 6. The number of nitrogens with one attached hydrogen (secondary N) is 9. The summed E-state index contributed by atoms with van der Waals surface area (Å²) in [5.74, 6) is -5.33. The van der Waals surface area contributed by atoms with Crippen molar-refractivity contribution in [3.8, 4) is 33.6 Å². The third-order valence-corrected chi connectivity index (χ3v) is 20.3. The summed E-state index contributed by atoms with van der Waals surface area (Å²) < 4.78 is 23.7. The number of nitrogens with zero attached hydrogens (tertiary/aromatic N) is 5. The number of nitrogens with two attached hydrogens (primary N) is 2. The first-order chi connectivity index (χ1) is 56.9. The zero-order valence-electron chi connectivity index (χ0n) is 67.7. The van der Waals surface area contributed by atoms with Gasteiger partial charge in [0.1, 0.15) is 55.2 Å². The van der Waals surface area contributed by atoms with E-state index in [1.165, 1.54) is 49.7 Å². The first-order valence-electron chi connectivity index (χ1n) is 39.4. The smallest absolute Gasteiger partial charge is 0.407 e. The molecule has 4 atom stereocenters. The van der Waals surface area contributed by atoms with Gasteiger partial charge in [-0.2, -0.15) is 4.98 Å². The molecule has 0 fully saturated rings. The fourth-order valence-electron chi connectivity index (χ4n) is 13.7. The number of alkyl carbamates (subject to hydrolysis) is 1. The van der Waals surface area contributed by atoms with E-state index in [-0.39, 0.29) is 83.7 Å². The van der Waals surface area contributed by atoms with Gasteiger partial charge in [-0.25, -0.2) is 38.5 Å². The molecular weight excluding hydrogens is 1530 g/mol. The summed E-state index contributed by atoms with van der Waals surface area (Å²) in [6.07, 6.45) is 5.93. The van der Waals surface area contributed by atoms with Crippen LogP contribution in [0.25, 0.3) is 55.7 Å². The number of hydrogen-bond donors (Lipinski definition) is 14. The lowest BCUT2D eigenvalue weighted by atomic mass is 9.90. The number of rotatable bonds is 39. The van der Waals surface area contributed by atoms with Crippen LogP contribution < -0.4 is 74.4 Å². The van der Waals surface area contributed by atoms with Crippen LogP contribution in [0.1, 0.15) is 142 Å². The number of anilines is 4. The summed E-state index contributed by atoms with van der Waals surface area (Å²) in [6, 6.07) is 35.9. The van der Waals surface area contributed by atoms with Crippen LogP contribution in [0, 0.1) is 0 Å². The van der Waals surface area contributed by atoms with Gasteiger partial charge in [-0.15, -0.1) is 0 Å². The number of carboxylic acids is 3. The minimum absolute atomic E-state index is 0.0136. The van der Waals surface area contributed by atoms with Crippen molar-refractivity contribution in [1.82, 2.24) is 56.4 Å². The van der Waals surface area contributed by atoms with E-state index >= 15 is 0 Å². The number of H-pyrrole nitrogens is 1. The van der Waals surface area contributed by atoms with Crippen molar-refractivity contribution >= 4 is 110 Å². The summed E-state index contributed by atoms with van der Waals surface area (Å²) in [5.41, 5.74) is 20.4. The molecule has 1 aliphatic heterocycles. The summed E-state index contributed by atoms with van der Waals surface area (Å²) in [7, 11) is 6.36. The Morgan fingerprint density at radius 1 is 0.669 bits per heavy atom. The maximum Gasteiger partial charge on any atom is 0.407 e. The highest BCUT2D eigenvalue weighted by molar-refractivity contribution is 7.80. The van der Waals surface area contributed by atoms with Crippen molar-refractivity contribution in [2.45, 2.75) is 135 Å². The number of nitrogen functional groups attached to an aromatic ring is 1. The Morgan fingerprint density at radius 3 is 1.92 bits per heavy atom. The molecular formula is C85H107N16O16S+. The van der Waals surface area contributed by atoms with Gasteiger partial charge < -0.3 is 92.8 Å². The fraction of sp³-hybridized carbons (Fsp3) is 0.388. The van der Waals surface area contributed by atoms with E-state index in [0.717, 1.165) is 104 Å². The molecule has 16 N–H and O–H groups in total. The number of aliphatic carboxylic acids is 2. The Bertz CT molecular complexity index is 5030. The zero-order valence-corrected chi connectivity index (χ0v) is 68.5. The van der Waals surface area contributed by atoms with Gasteiger partial charge in [-0.1, -0.05) is 61.0 Å². The van der Waals surface area contributed by atoms with E-state index in [9.17, 15) is 58.5 Å². The lowest BCUT2D eigenvalue weighted by Crippen LogP contribution is -2.44. The van der Waals surface area contributed by atoms with Crippen molar-refractivity contribution in [3.63, 3.8) is 0 Å². The Kier molecular flexibility index (Phi) is 35.3. The molecule has 0 bridgehead atoms. The zero-order chi connectivity index (χ0) is 85.4. The van der Waals surface area contributed by atoms with Crippen LogP contribution in [-0.2, 0) is 44.7 Å². The number of aromatic amines is 1. The second-order valence-corrected chi connectivity index (χ2v) is 28.1. The number of esters is 2. The van der Waals surface area contributed by atoms with Gasteiger partial charge in [0.25, 0.3) is 11.5 Å². The molecule has 2 aliphatic carbocycles. The number of ether oxygens (including phenoxy) is 3. The molecule has 628 valence electrons. The number of fused-ring (bicyclic) bond motifs is 6. The molecule has 0 saturated heterocycles. The maximum absolute atomic E-state index is 13.0. The Morgan fingerprint density at radius 2 is 1.29 bits per heavy atom. The highest BCUT2D eigenvalue weighted by Gasteiger charge is 2.32. The first kappa shape index (κ1) is 91.1. The van der Waals surface area contributed by atoms with E-state index < -0.39 is 65.5 Å². The molecule has 0 saturated carbocycles. The number of likely N-dealkylation sites (N-methyl/N-ethyl adjacent to an activating group) is 1. The second kappa shape index (κ2) is 45.7.